The van der Waals surface area contributed by atoms with Crippen molar-refractivity contribution >= 4 is 0 Å². The van der Waals surface area contributed by atoms with Gasteiger partial charge in [-0.2, -0.15) is 0 Å². The summed E-state index contributed by atoms with van der Waals surface area (Å²) in [7, 11) is 0. The molecule has 0 aromatic carbocycles. The highest BCUT2D eigenvalue weighted by Crippen LogP contribution is 2.75. The van der Waals surface area contributed by atoms with Gasteiger partial charge in [0.1, 0.15) is 0 Å². The van der Waals surface area contributed by atoms with Crippen LogP contribution in [0.4, 0.5) is 0 Å². The quantitative estimate of drug-likeness (QED) is 0.441. The zero-order valence-corrected chi connectivity index (χ0v) is 22.9. The molecule has 11 atom stereocenters. The highest BCUT2D eigenvalue weighted by atomic mass is 16.3. The molecule has 4 saturated carbocycles. The molecule has 4 rings (SSSR count). The van der Waals surface area contributed by atoms with Crippen LogP contribution in [0.3, 0.4) is 0 Å². The van der Waals surface area contributed by atoms with Gasteiger partial charge in [-0.3, -0.25) is 0 Å². The van der Waals surface area contributed by atoms with Gasteiger partial charge in [0.2, 0.25) is 0 Å². The molecule has 0 saturated heterocycles. The summed E-state index contributed by atoms with van der Waals surface area (Å²) < 4.78 is 0. The predicted octanol–water partition coefficient (Wildman–Crippen LogP) is 6.44. The number of hydrogen-bond acceptors (Lipinski definition) is 3. The second-order valence-electron chi connectivity index (χ2n) is 14.9. The Hall–Kier alpha value is -0.120. The van der Waals surface area contributed by atoms with E-state index in [2.05, 4.69) is 55.4 Å². The van der Waals surface area contributed by atoms with E-state index in [1.165, 1.54) is 32.1 Å². The Labute approximate surface area is 204 Å². The minimum Gasteiger partial charge on any atom is -0.393 e. The maximum atomic E-state index is 11.8. The average molecular weight is 463 g/mol. The Bertz CT molecular complexity index is 717. The van der Waals surface area contributed by atoms with Crippen molar-refractivity contribution in [2.24, 2.45) is 57.2 Å². The molecule has 33 heavy (non-hydrogen) atoms. The fourth-order valence-electron chi connectivity index (χ4n) is 10.7. The van der Waals surface area contributed by atoms with Crippen LogP contribution in [0.25, 0.3) is 0 Å². The molecule has 0 aromatic heterocycles. The Morgan fingerprint density at radius 1 is 0.818 bits per heavy atom. The van der Waals surface area contributed by atoms with Crippen molar-refractivity contribution < 1.29 is 15.3 Å². The van der Waals surface area contributed by atoms with E-state index >= 15 is 0 Å². The average Bonchev–Trinajstić information content (AvgIpc) is 3.07. The van der Waals surface area contributed by atoms with Crippen LogP contribution in [0.1, 0.15) is 113 Å². The third-order valence-corrected chi connectivity index (χ3v) is 12.5. The van der Waals surface area contributed by atoms with Gasteiger partial charge in [0.25, 0.3) is 0 Å². The Balaban J connectivity index is 1.65. The predicted molar refractivity (Wildman–Crippen MR) is 136 cm³/mol. The van der Waals surface area contributed by atoms with E-state index in [0.717, 1.165) is 31.6 Å². The first-order chi connectivity index (χ1) is 15.2. The van der Waals surface area contributed by atoms with Gasteiger partial charge in [0, 0.05) is 0 Å². The summed E-state index contributed by atoms with van der Waals surface area (Å²) in [5.41, 5.74) is -0.224. The molecule has 0 bridgehead atoms. The van der Waals surface area contributed by atoms with Crippen LogP contribution in [-0.4, -0.2) is 33.6 Å². The fourth-order valence-corrected chi connectivity index (χ4v) is 10.7. The lowest BCUT2D eigenvalue weighted by Crippen LogP contribution is -2.69. The topological polar surface area (TPSA) is 60.7 Å². The van der Waals surface area contributed by atoms with E-state index in [4.69, 9.17) is 0 Å². The van der Waals surface area contributed by atoms with Gasteiger partial charge in [-0.1, -0.05) is 74.7 Å². The molecule has 0 heterocycles. The summed E-state index contributed by atoms with van der Waals surface area (Å²) in [5, 5.41) is 34.3. The van der Waals surface area contributed by atoms with E-state index in [-0.39, 0.29) is 45.9 Å². The summed E-state index contributed by atoms with van der Waals surface area (Å²) >= 11 is 0. The summed E-state index contributed by atoms with van der Waals surface area (Å²) in [6.45, 7) is 18.8. The van der Waals surface area contributed by atoms with Crippen molar-refractivity contribution in [1.82, 2.24) is 0 Å². The monoisotopic (exact) mass is 462 g/mol. The zero-order valence-electron chi connectivity index (χ0n) is 22.9. The summed E-state index contributed by atoms with van der Waals surface area (Å²) in [6.07, 6.45) is 8.77. The first-order valence-corrected chi connectivity index (χ1v) is 14.2. The van der Waals surface area contributed by atoms with Crippen molar-refractivity contribution in [3.05, 3.63) is 0 Å². The van der Waals surface area contributed by atoms with Gasteiger partial charge < -0.3 is 15.3 Å². The highest BCUT2D eigenvalue weighted by Gasteiger charge is 2.72. The van der Waals surface area contributed by atoms with Crippen LogP contribution < -0.4 is 0 Å². The van der Waals surface area contributed by atoms with Gasteiger partial charge >= 0.3 is 0 Å². The number of hydrogen-bond donors (Lipinski definition) is 3. The molecular formula is C30H54O3. The molecule has 0 radical (unpaired) electrons. The van der Waals surface area contributed by atoms with Crippen LogP contribution in [0.5, 0.6) is 0 Å². The molecule has 192 valence electrons. The normalized spacial score (nSPS) is 52.2. The van der Waals surface area contributed by atoms with Crippen molar-refractivity contribution in [2.75, 3.05) is 0 Å². The summed E-state index contributed by atoms with van der Waals surface area (Å²) in [5.74, 6) is 2.86. The Morgan fingerprint density at radius 2 is 1.48 bits per heavy atom. The van der Waals surface area contributed by atoms with Crippen LogP contribution in [0.2, 0.25) is 0 Å². The molecule has 11 unspecified atom stereocenters. The number of aliphatic hydroxyl groups excluding tert-OH is 3. The summed E-state index contributed by atoms with van der Waals surface area (Å²) in [6, 6.07) is 0. The van der Waals surface area contributed by atoms with Crippen LogP contribution in [-0.2, 0) is 0 Å². The standard InChI is InChI=1S/C30H54O3/c1-18(2)10-9-11-19(3)20-12-15-29(7)25(20)21(31)16-23-28(6)14-13-24(33)27(4,5)26(28)22(32)17-30(23,29)8/h18-26,31-33H,9-17H2,1-8H3. The van der Waals surface area contributed by atoms with Gasteiger partial charge in [-0.25, -0.2) is 0 Å². The molecule has 0 amide bonds. The smallest absolute Gasteiger partial charge is 0.0595 e. The first-order valence-electron chi connectivity index (χ1n) is 14.2. The molecular weight excluding hydrogens is 408 g/mol. The fraction of sp³-hybridized carbons (Fsp3) is 1.00. The summed E-state index contributed by atoms with van der Waals surface area (Å²) in [4.78, 5) is 0. The third kappa shape index (κ3) is 3.69. The van der Waals surface area contributed by atoms with Crippen molar-refractivity contribution in [3.63, 3.8) is 0 Å². The molecule has 3 nitrogen and oxygen atoms in total. The number of aliphatic hydroxyl groups is 3. The molecule has 0 spiro atoms. The molecule has 0 aromatic rings. The second kappa shape index (κ2) is 8.48. The van der Waals surface area contributed by atoms with Crippen LogP contribution >= 0.6 is 0 Å². The zero-order chi connectivity index (χ0) is 24.6. The lowest BCUT2D eigenvalue weighted by molar-refractivity contribution is -0.272. The first kappa shape index (κ1) is 26.0. The van der Waals surface area contributed by atoms with E-state index < -0.39 is 0 Å². The van der Waals surface area contributed by atoms with Gasteiger partial charge in [0.15, 0.2) is 0 Å². The largest absolute Gasteiger partial charge is 0.393 e. The van der Waals surface area contributed by atoms with Gasteiger partial charge in [-0.15, -0.1) is 0 Å². The number of rotatable bonds is 5. The van der Waals surface area contributed by atoms with Gasteiger partial charge in [-0.05, 0) is 95.7 Å². The van der Waals surface area contributed by atoms with E-state index in [0.29, 0.717) is 23.7 Å². The molecule has 4 aliphatic rings. The van der Waals surface area contributed by atoms with E-state index in [1.807, 2.05) is 0 Å². The lowest BCUT2D eigenvalue weighted by atomic mass is 9.34. The second-order valence-corrected chi connectivity index (χ2v) is 14.9. The minimum absolute atomic E-state index is 0.0341. The van der Waals surface area contributed by atoms with E-state index in [1.54, 1.807) is 0 Å². The molecule has 3 heteroatoms. The molecule has 0 aliphatic heterocycles. The number of fused-ring (bicyclic) bond motifs is 5. The van der Waals surface area contributed by atoms with E-state index in [9.17, 15) is 15.3 Å². The van der Waals surface area contributed by atoms with Gasteiger partial charge in [0.05, 0.1) is 18.3 Å². The van der Waals surface area contributed by atoms with Crippen LogP contribution in [0.15, 0.2) is 0 Å². The maximum Gasteiger partial charge on any atom is 0.0595 e. The van der Waals surface area contributed by atoms with Crippen molar-refractivity contribution in [1.29, 1.82) is 0 Å². The highest BCUT2D eigenvalue weighted by molar-refractivity contribution is 5.20. The molecule has 4 aliphatic carbocycles. The minimum atomic E-state index is -0.378. The maximum absolute atomic E-state index is 11.8. The third-order valence-electron chi connectivity index (χ3n) is 12.5. The lowest BCUT2D eigenvalue weighted by Gasteiger charge is -2.71. The molecule has 4 fully saturated rings. The van der Waals surface area contributed by atoms with Crippen molar-refractivity contribution in [2.45, 2.75) is 131 Å². The Kier molecular flexibility index (Phi) is 6.67. The molecule has 3 N–H and O–H groups in total. The van der Waals surface area contributed by atoms with Crippen LogP contribution in [0, 0.1) is 57.2 Å². The van der Waals surface area contributed by atoms with Crippen molar-refractivity contribution in [3.8, 4) is 0 Å². The SMILES string of the molecule is CC(C)CCCC(C)C1CCC2(C)C1C(O)CC1C3(C)CCC(O)C(C)(C)C3C(O)CC12C. The Morgan fingerprint density at radius 3 is 2.12 bits per heavy atom.